The first-order chi connectivity index (χ1) is 18.0. The van der Waals surface area contributed by atoms with Gasteiger partial charge in [0.1, 0.15) is 16.8 Å². The van der Waals surface area contributed by atoms with Crippen molar-refractivity contribution in [2.45, 2.75) is 6.92 Å². The maximum absolute atomic E-state index is 15.8. The van der Waals surface area contributed by atoms with Gasteiger partial charge >= 0.3 is 0 Å². The number of halogens is 1. The molecule has 0 N–H and O–H groups in total. The number of aryl methyl sites for hydroxylation is 1. The van der Waals surface area contributed by atoms with E-state index in [1.807, 2.05) is 43.3 Å². The molecular weight excluding hydrogens is 475 g/mol. The van der Waals surface area contributed by atoms with Gasteiger partial charge in [0, 0.05) is 36.6 Å². The number of benzene rings is 3. The van der Waals surface area contributed by atoms with Gasteiger partial charge in [0.15, 0.2) is 17.3 Å². The van der Waals surface area contributed by atoms with E-state index in [1.165, 1.54) is 12.4 Å². The quantitative estimate of drug-likeness (QED) is 0.356. The molecular formula is C28H21FN4O4. The summed E-state index contributed by atoms with van der Waals surface area (Å²) in [7, 11) is 0. The molecule has 0 saturated carbocycles. The summed E-state index contributed by atoms with van der Waals surface area (Å²) in [6.45, 7) is 3.39. The third-order valence-corrected chi connectivity index (χ3v) is 7.08. The number of hydrogen-bond acceptors (Lipinski definition) is 5. The first kappa shape index (κ1) is 21.8. The zero-order chi connectivity index (χ0) is 25.3. The van der Waals surface area contributed by atoms with Crippen LogP contribution in [0.4, 0.5) is 4.39 Å². The highest BCUT2D eigenvalue weighted by atomic mass is 19.1. The first-order valence-corrected chi connectivity index (χ1v) is 12.0. The number of hydrogen-bond donors (Lipinski definition) is 0. The molecule has 2 aromatic heterocycles. The second kappa shape index (κ2) is 8.01. The molecule has 2 aliphatic rings. The Kier molecular flexibility index (Phi) is 4.71. The van der Waals surface area contributed by atoms with E-state index in [4.69, 9.17) is 9.47 Å². The minimum Gasteiger partial charge on any atom is -0.451 e. The minimum atomic E-state index is -0.646. The van der Waals surface area contributed by atoms with Gasteiger partial charge in [-0.15, -0.1) is 0 Å². The van der Waals surface area contributed by atoms with Gasteiger partial charge in [0.2, 0.25) is 5.43 Å². The van der Waals surface area contributed by atoms with Crippen LogP contribution in [0.25, 0.3) is 33.1 Å². The van der Waals surface area contributed by atoms with Crippen LogP contribution in [-0.2, 0) is 4.74 Å². The SMILES string of the molecule is Cc1cncn1-c1c(F)cc2c(=O)c(C(=O)N3CCOCC3)cn3c2c1Oc1ccc2ccccc2c1-3. The maximum Gasteiger partial charge on any atom is 0.259 e. The number of carbonyl (C=O) groups is 1. The molecule has 0 spiro atoms. The Balaban J connectivity index is 1.60. The van der Waals surface area contributed by atoms with Gasteiger partial charge < -0.3 is 18.9 Å². The van der Waals surface area contributed by atoms with E-state index in [0.717, 1.165) is 10.8 Å². The highest BCUT2D eigenvalue weighted by molar-refractivity contribution is 6.03. The Hall–Kier alpha value is -4.50. The summed E-state index contributed by atoms with van der Waals surface area (Å²) in [5.74, 6) is -0.358. The highest BCUT2D eigenvalue weighted by Crippen LogP contribution is 2.46. The molecule has 2 aliphatic heterocycles. The molecule has 0 bridgehead atoms. The van der Waals surface area contributed by atoms with Crippen molar-refractivity contribution in [2.75, 3.05) is 26.3 Å². The van der Waals surface area contributed by atoms with Crippen LogP contribution < -0.4 is 10.2 Å². The van der Waals surface area contributed by atoms with Crippen LogP contribution in [0, 0.1) is 12.7 Å². The van der Waals surface area contributed by atoms with Gasteiger partial charge in [-0.25, -0.2) is 9.37 Å². The molecule has 0 radical (unpaired) electrons. The maximum atomic E-state index is 15.8. The molecule has 1 amide bonds. The lowest BCUT2D eigenvalue weighted by molar-refractivity contribution is 0.0302. The van der Waals surface area contributed by atoms with Crippen molar-refractivity contribution < 1.29 is 18.7 Å². The Bertz CT molecular complexity index is 1820. The predicted molar refractivity (Wildman–Crippen MR) is 136 cm³/mol. The van der Waals surface area contributed by atoms with Crippen molar-refractivity contribution in [1.82, 2.24) is 19.0 Å². The van der Waals surface area contributed by atoms with Crippen LogP contribution in [0.2, 0.25) is 0 Å². The van der Waals surface area contributed by atoms with Crippen molar-refractivity contribution in [3.05, 3.63) is 88.5 Å². The van der Waals surface area contributed by atoms with E-state index in [-0.39, 0.29) is 22.4 Å². The lowest BCUT2D eigenvalue weighted by Crippen LogP contribution is -2.42. The number of morpholine rings is 1. The molecule has 0 atom stereocenters. The van der Waals surface area contributed by atoms with E-state index in [2.05, 4.69) is 4.98 Å². The van der Waals surface area contributed by atoms with Crippen LogP contribution in [0.1, 0.15) is 16.1 Å². The summed E-state index contributed by atoms with van der Waals surface area (Å²) in [6.07, 6.45) is 4.70. The number of pyridine rings is 1. The fraction of sp³-hybridized carbons (Fsp3) is 0.179. The second-order valence-electron chi connectivity index (χ2n) is 9.22. The van der Waals surface area contributed by atoms with Crippen molar-refractivity contribution in [1.29, 1.82) is 0 Å². The number of aromatic nitrogens is 3. The van der Waals surface area contributed by atoms with Crippen LogP contribution in [-0.4, -0.2) is 51.2 Å². The zero-order valence-corrected chi connectivity index (χ0v) is 19.9. The van der Waals surface area contributed by atoms with Gasteiger partial charge in [-0.05, 0) is 24.4 Å². The van der Waals surface area contributed by atoms with Crippen LogP contribution in [0.3, 0.4) is 0 Å². The zero-order valence-electron chi connectivity index (χ0n) is 19.9. The second-order valence-corrected chi connectivity index (χ2v) is 9.22. The average Bonchev–Trinajstić information content (AvgIpc) is 3.35. The van der Waals surface area contributed by atoms with Crippen LogP contribution >= 0.6 is 0 Å². The molecule has 9 heteroatoms. The number of amides is 1. The number of fused-ring (bicyclic) bond motifs is 4. The summed E-state index contributed by atoms with van der Waals surface area (Å²) in [4.78, 5) is 33.0. The Morgan fingerprint density at radius 3 is 2.62 bits per heavy atom. The Labute approximate surface area is 210 Å². The van der Waals surface area contributed by atoms with Crippen LogP contribution in [0.5, 0.6) is 11.5 Å². The number of ether oxygens (including phenoxy) is 2. The number of rotatable bonds is 2. The third kappa shape index (κ3) is 3.14. The van der Waals surface area contributed by atoms with Crippen molar-refractivity contribution >= 4 is 27.6 Å². The van der Waals surface area contributed by atoms with Gasteiger partial charge in [0.05, 0.1) is 30.6 Å². The smallest absolute Gasteiger partial charge is 0.259 e. The minimum absolute atomic E-state index is 0.0212. The summed E-state index contributed by atoms with van der Waals surface area (Å²) in [5, 5.41) is 1.92. The molecule has 1 fully saturated rings. The molecule has 37 heavy (non-hydrogen) atoms. The van der Waals surface area contributed by atoms with Crippen molar-refractivity contribution in [3.63, 3.8) is 0 Å². The lowest BCUT2D eigenvalue weighted by atomic mass is 10.0. The molecule has 184 valence electrons. The standard InChI is InChI=1S/C28H21FN4O4/c1-16-13-30-15-33(16)25-21(29)12-19-24-27(25)37-22-7-6-17-4-2-3-5-18(17)23(22)32(24)14-20(26(19)34)28(35)31-8-10-36-11-9-31/h2-7,12-15H,8-11H2,1H3. The average molecular weight is 496 g/mol. The summed E-state index contributed by atoms with van der Waals surface area (Å²) < 4.78 is 30.9. The van der Waals surface area contributed by atoms with E-state index in [0.29, 0.717) is 49.0 Å². The predicted octanol–water partition coefficient (Wildman–Crippen LogP) is 4.36. The fourth-order valence-electron chi connectivity index (χ4n) is 5.27. The number of nitrogens with zero attached hydrogens (tertiary/aromatic N) is 4. The molecule has 4 heterocycles. The molecule has 3 aromatic carbocycles. The number of carbonyl (C=O) groups excluding carboxylic acids is 1. The highest BCUT2D eigenvalue weighted by Gasteiger charge is 2.31. The van der Waals surface area contributed by atoms with Crippen molar-refractivity contribution in [3.8, 4) is 22.9 Å². The van der Waals surface area contributed by atoms with E-state index in [9.17, 15) is 9.59 Å². The van der Waals surface area contributed by atoms with Gasteiger partial charge in [-0.1, -0.05) is 30.3 Å². The van der Waals surface area contributed by atoms with Gasteiger partial charge in [-0.2, -0.15) is 0 Å². The van der Waals surface area contributed by atoms with Crippen molar-refractivity contribution in [2.24, 2.45) is 0 Å². The largest absolute Gasteiger partial charge is 0.451 e. The molecule has 5 aromatic rings. The molecule has 1 saturated heterocycles. The molecule has 0 unspecified atom stereocenters. The first-order valence-electron chi connectivity index (χ1n) is 12.0. The Morgan fingerprint density at radius 2 is 1.84 bits per heavy atom. The van der Waals surface area contributed by atoms with E-state index < -0.39 is 17.2 Å². The monoisotopic (exact) mass is 496 g/mol. The molecule has 7 rings (SSSR count). The van der Waals surface area contributed by atoms with Crippen LogP contribution in [0.15, 0.2) is 66.0 Å². The normalized spacial score (nSPS) is 14.6. The summed E-state index contributed by atoms with van der Waals surface area (Å²) in [6, 6.07) is 12.8. The summed E-state index contributed by atoms with van der Waals surface area (Å²) in [5.41, 5.74) is 1.39. The summed E-state index contributed by atoms with van der Waals surface area (Å²) >= 11 is 0. The number of imidazole rings is 1. The fourth-order valence-corrected chi connectivity index (χ4v) is 5.27. The van der Waals surface area contributed by atoms with E-state index in [1.54, 1.807) is 26.4 Å². The lowest BCUT2D eigenvalue weighted by Gasteiger charge is -2.29. The topological polar surface area (TPSA) is 78.6 Å². The molecule has 0 aliphatic carbocycles. The van der Waals surface area contributed by atoms with E-state index >= 15 is 4.39 Å². The third-order valence-electron chi connectivity index (χ3n) is 7.08. The van der Waals surface area contributed by atoms with Gasteiger partial charge in [-0.3, -0.25) is 14.2 Å². The molecule has 8 nitrogen and oxygen atoms in total. The van der Waals surface area contributed by atoms with Gasteiger partial charge in [0.25, 0.3) is 5.91 Å². The Morgan fingerprint density at radius 1 is 1.03 bits per heavy atom.